The highest BCUT2D eigenvalue weighted by molar-refractivity contribution is 7.89. The third-order valence-corrected chi connectivity index (χ3v) is 3.60. The second-order valence-corrected chi connectivity index (χ2v) is 5.12. The summed E-state index contributed by atoms with van der Waals surface area (Å²) in [5.41, 5.74) is 4.95. The number of hydrogen-bond acceptors (Lipinski definition) is 5. The number of aliphatic hydroxyl groups is 1. The van der Waals surface area contributed by atoms with Crippen LogP contribution in [0.15, 0.2) is 23.1 Å². The molecule has 18 heavy (non-hydrogen) atoms. The monoisotopic (exact) mass is 278 g/mol. The molecule has 0 aliphatic rings. The number of anilines is 1. The predicted molar refractivity (Wildman–Crippen MR) is 63.9 cm³/mol. The minimum absolute atomic E-state index is 0.0122. The van der Waals surface area contributed by atoms with E-state index in [1.54, 1.807) is 0 Å². The molecule has 0 heterocycles. The molecule has 102 valence electrons. The lowest BCUT2D eigenvalue weighted by Crippen LogP contribution is -2.28. The molecule has 0 aliphatic carbocycles. The van der Waals surface area contributed by atoms with Gasteiger partial charge in [0.15, 0.2) is 0 Å². The summed E-state index contributed by atoms with van der Waals surface area (Å²) >= 11 is 0. The van der Waals surface area contributed by atoms with Gasteiger partial charge in [0.05, 0.1) is 25.5 Å². The van der Waals surface area contributed by atoms with Gasteiger partial charge in [0.1, 0.15) is 10.7 Å². The quantitative estimate of drug-likeness (QED) is 0.469. The van der Waals surface area contributed by atoms with Crippen molar-refractivity contribution in [2.24, 2.45) is 0 Å². The van der Waals surface area contributed by atoms with Crippen LogP contribution in [0.3, 0.4) is 0 Å². The zero-order valence-electron chi connectivity index (χ0n) is 9.60. The number of halogens is 1. The average Bonchev–Trinajstić information content (AvgIpc) is 2.32. The maximum atomic E-state index is 13.1. The fourth-order valence-corrected chi connectivity index (χ4v) is 2.40. The van der Waals surface area contributed by atoms with Gasteiger partial charge < -0.3 is 15.6 Å². The first-order valence-corrected chi connectivity index (χ1v) is 6.69. The Balaban J connectivity index is 2.66. The summed E-state index contributed by atoms with van der Waals surface area (Å²) in [7, 11) is -3.86. The van der Waals surface area contributed by atoms with E-state index in [9.17, 15) is 12.8 Å². The van der Waals surface area contributed by atoms with Crippen LogP contribution >= 0.6 is 0 Å². The molecule has 1 aromatic carbocycles. The van der Waals surface area contributed by atoms with Gasteiger partial charge in [-0.1, -0.05) is 6.07 Å². The molecular weight excluding hydrogens is 263 g/mol. The minimum atomic E-state index is -3.86. The highest BCUT2D eigenvalue weighted by Crippen LogP contribution is 2.20. The van der Waals surface area contributed by atoms with Crippen molar-refractivity contribution in [3.05, 3.63) is 24.0 Å². The summed E-state index contributed by atoms with van der Waals surface area (Å²) in [5, 5.41) is 8.45. The molecule has 0 aromatic heterocycles. The molecule has 0 amide bonds. The van der Waals surface area contributed by atoms with Crippen LogP contribution in [0.2, 0.25) is 0 Å². The average molecular weight is 278 g/mol. The van der Waals surface area contributed by atoms with E-state index >= 15 is 0 Å². The molecule has 0 unspecified atom stereocenters. The van der Waals surface area contributed by atoms with E-state index in [0.717, 1.165) is 6.07 Å². The zero-order valence-corrected chi connectivity index (χ0v) is 10.4. The van der Waals surface area contributed by atoms with Crippen molar-refractivity contribution in [1.29, 1.82) is 0 Å². The van der Waals surface area contributed by atoms with Crippen molar-refractivity contribution in [3.63, 3.8) is 0 Å². The van der Waals surface area contributed by atoms with E-state index in [1.807, 2.05) is 0 Å². The Hall–Kier alpha value is -1.22. The van der Waals surface area contributed by atoms with Gasteiger partial charge in [-0.25, -0.2) is 17.5 Å². The summed E-state index contributed by atoms with van der Waals surface area (Å²) in [6.45, 7) is 0.112. The largest absolute Gasteiger partial charge is 0.395 e. The van der Waals surface area contributed by atoms with Gasteiger partial charge in [0, 0.05) is 6.54 Å². The van der Waals surface area contributed by atoms with E-state index in [0.29, 0.717) is 0 Å². The molecule has 1 rings (SSSR count). The fraction of sp³-hybridized carbons (Fsp3) is 0.400. The number of para-hydroxylation sites is 1. The van der Waals surface area contributed by atoms with Crippen LogP contribution in [0, 0.1) is 5.82 Å². The van der Waals surface area contributed by atoms with Crippen LogP contribution in [0.1, 0.15) is 0 Å². The van der Waals surface area contributed by atoms with E-state index in [1.165, 1.54) is 12.1 Å². The van der Waals surface area contributed by atoms with Crippen LogP contribution < -0.4 is 10.5 Å². The van der Waals surface area contributed by atoms with Crippen molar-refractivity contribution in [2.75, 3.05) is 32.1 Å². The highest BCUT2D eigenvalue weighted by Gasteiger charge is 2.18. The maximum absolute atomic E-state index is 13.1. The van der Waals surface area contributed by atoms with Gasteiger partial charge >= 0.3 is 0 Å². The number of nitrogen functional groups attached to an aromatic ring is 1. The van der Waals surface area contributed by atoms with Crippen LogP contribution in [0.5, 0.6) is 0 Å². The first-order chi connectivity index (χ1) is 8.49. The lowest BCUT2D eigenvalue weighted by Gasteiger charge is -2.09. The number of nitrogens with one attached hydrogen (secondary N) is 1. The molecule has 0 fully saturated rings. The second-order valence-electron chi connectivity index (χ2n) is 3.39. The summed E-state index contributed by atoms with van der Waals surface area (Å²) in [5.74, 6) is -0.783. The smallest absolute Gasteiger partial charge is 0.242 e. The Labute approximate surface area is 105 Å². The number of aliphatic hydroxyl groups excluding tert-OH is 1. The molecule has 1 aromatic rings. The minimum Gasteiger partial charge on any atom is -0.395 e. The third-order valence-electron chi connectivity index (χ3n) is 2.08. The number of nitrogens with two attached hydrogens (primary N) is 1. The molecule has 0 aliphatic heterocycles. The van der Waals surface area contributed by atoms with Crippen molar-refractivity contribution in [1.82, 2.24) is 4.72 Å². The summed E-state index contributed by atoms with van der Waals surface area (Å²) in [6.07, 6.45) is 0. The zero-order chi connectivity index (χ0) is 13.6. The first kappa shape index (κ1) is 14.8. The van der Waals surface area contributed by atoms with Gasteiger partial charge in [-0.15, -0.1) is 0 Å². The molecule has 0 spiro atoms. The van der Waals surface area contributed by atoms with E-state index in [4.69, 9.17) is 15.6 Å². The number of benzene rings is 1. The molecule has 0 bridgehead atoms. The second kappa shape index (κ2) is 6.64. The van der Waals surface area contributed by atoms with E-state index < -0.39 is 21.5 Å². The van der Waals surface area contributed by atoms with Crippen LogP contribution in [0.4, 0.5) is 10.1 Å². The molecule has 0 atom stereocenters. The molecule has 0 saturated heterocycles. The topological polar surface area (TPSA) is 102 Å². The lowest BCUT2D eigenvalue weighted by atomic mass is 10.3. The van der Waals surface area contributed by atoms with Crippen LogP contribution in [-0.4, -0.2) is 39.9 Å². The summed E-state index contributed by atoms with van der Waals surface area (Å²) < 4.78 is 43.8. The Morgan fingerprint density at radius 1 is 1.39 bits per heavy atom. The first-order valence-electron chi connectivity index (χ1n) is 5.21. The van der Waals surface area contributed by atoms with Gasteiger partial charge in [-0.2, -0.15) is 0 Å². The van der Waals surface area contributed by atoms with Crippen molar-refractivity contribution < 1.29 is 22.7 Å². The Kier molecular flexibility index (Phi) is 5.48. The van der Waals surface area contributed by atoms with E-state index in [-0.39, 0.29) is 31.3 Å². The third kappa shape index (κ3) is 3.91. The molecule has 0 radical (unpaired) electrons. The van der Waals surface area contributed by atoms with Crippen molar-refractivity contribution >= 4 is 15.7 Å². The predicted octanol–water partition coefficient (Wildman–Crippen LogP) is -0.305. The molecule has 0 saturated carbocycles. The highest BCUT2D eigenvalue weighted by atomic mass is 32.2. The van der Waals surface area contributed by atoms with Gasteiger partial charge in [-0.05, 0) is 12.1 Å². The van der Waals surface area contributed by atoms with Crippen molar-refractivity contribution in [2.45, 2.75) is 4.90 Å². The van der Waals surface area contributed by atoms with Gasteiger partial charge in [0.2, 0.25) is 10.0 Å². The number of rotatable bonds is 7. The standard InChI is InChI=1S/C10H15FN2O4S/c11-8-2-1-3-9(10(8)12)18(15,16)13-4-6-17-7-5-14/h1-3,13-14H,4-7,12H2. The van der Waals surface area contributed by atoms with Gasteiger partial charge in [-0.3, -0.25) is 0 Å². The Morgan fingerprint density at radius 3 is 2.78 bits per heavy atom. The van der Waals surface area contributed by atoms with Crippen LogP contribution in [-0.2, 0) is 14.8 Å². The molecular formula is C10H15FN2O4S. The Bertz CT molecular complexity index is 493. The normalized spacial score (nSPS) is 11.7. The molecule has 6 nitrogen and oxygen atoms in total. The maximum Gasteiger partial charge on any atom is 0.242 e. The number of sulfonamides is 1. The molecule has 8 heteroatoms. The lowest BCUT2D eigenvalue weighted by molar-refractivity contribution is 0.0961. The fourth-order valence-electron chi connectivity index (χ4n) is 1.24. The molecule has 4 N–H and O–H groups in total. The van der Waals surface area contributed by atoms with Gasteiger partial charge in [0.25, 0.3) is 0 Å². The van der Waals surface area contributed by atoms with E-state index in [2.05, 4.69) is 4.72 Å². The summed E-state index contributed by atoms with van der Waals surface area (Å²) in [4.78, 5) is -0.301. The van der Waals surface area contributed by atoms with Crippen LogP contribution in [0.25, 0.3) is 0 Å². The summed E-state index contributed by atoms with van der Waals surface area (Å²) in [6, 6.07) is 3.57. The SMILES string of the molecule is Nc1c(F)cccc1S(=O)(=O)NCCOCCO. The van der Waals surface area contributed by atoms with Crippen molar-refractivity contribution in [3.8, 4) is 0 Å². The number of hydrogen-bond donors (Lipinski definition) is 3. The number of ether oxygens (including phenoxy) is 1. The Morgan fingerprint density at radius 2 is 2.11 bits per heavy atom.